The number of hydrogen-bond acceptors (Lipinski definition) is 0. The zero-order valence-corrected chi connectivity index (χ0v) is 12.8. The summed E-state index contributed by atoms with van der Waals surface area (Å²) >= 11 is 6.72. The minimum Gasteiger partial charge on any atom is -0.206 e. The standard InChI is InChI=1S/C19H16ClF/c1-12-6-5-9-14(13(12)2)19(20)17-10-11-18(21)16-8-4-3-7-15(16)17/h3-11,19H,1-2H3. The van der Waals surface area contributed by atoms with E-state index in [1.165, 1.54) is 17.2 Å². The first kappa shape index (κ1) is 14.1. The van der Waals surface area contributed by atoms with E-state index in [2.05, 4.69) is 19.9 Å². The van der Waals surface area contributed by atoms with Gasteiger partial charge in [-0.2, -0.15) is 0 Å². The molecule has 0 fully saturated rings. The van der Waals surface area contributed by atoms with Crippen molar-refractivity contribution < 1.29 is 4.39 Å². The Balaban J connectivity index is 2.21. The van der Waals surface area contributed by atoms with Gasteiger partial charge in [0.05, 0.1) is 5.38 Å². The lowest BCUT2D eigenvalue weighted by Gasteiger charge is -2.17. The lowest BCUT2D eigenvalue weighted by atomic mass is 9.93. The third-order valence-corrected chi connectivity index (χ3v) is 4.57. The Bertz CT molecular complexity index is 808. The van der Waals surface area contributed by atoms with Gasteiger partial charge >= 0.3 is 0 Å². The van der Waals surface area contributed by atoms with Crippen LogP contribution in [-0.2, 0) is 0 Å². The van der Waals surface area contributed by atoms with Crippen LogP contribution in [0.1, 0.15) is 27.6 Å². The van der Waals surface area contributed by atoms with Gasteiger partial charge in [0.1, 0.15) is 5.82 Å². The van der Waals surface area contributed by atoms with Crippen LogP contribution in [0.5, 0.6) is 0 Å². The van der Waals surface area contributed by atoms with Crippen LogP contribution in [-0.4, -0.2) is 0 Å². The minimum atomic E-state index is -0.282. The smallest absolute Gasteiger partial charge is 0.131 e. The Morgan fingerprint density at radius 1 is 0.810 bits per heavy atom. The van der Waals surface area contributed by atoms with Crippen LogP contribution in [0, 0.1) is 19.7 Å². The topological polar surface area (TPSA) is 0 Å². The second kappa shape index (κ2) is 5.50. The number of hydrogen-bond donors (Lipinski definition) is 0. The molecule has 0 heterocycles. The molecule has 0 amide bonds. The van der Waals surface area contributed by atoms with Crippen molar-refractivity contribution in [3.63, 3.8) is 0 Å². The first-order valence-corrected chi connectivity index (χ1v) is 7.40. The lowest BCUT2D eigenvalue weighted by Crippen LogP contribution is -1.99. The van der Waals surface area contributed by atoms with Crippen molar-refractivity contribution in [1.29, 1.82) is 0 Å². The molecule has 0 nitrogen and oxygen atoms in total. The molecule has 0 saturated carbocycles. The number of aryl methyl sites for hydroxylation is 1. The Kier molecular flexibility index (Phi) is 3.69. The highest BCUT2D eigenvalue weighted by atomic mass is 35.5. The van der Waals surface area contributed by atoms with E-state index in [0.29, 0.717) is 5.39 Å². The number of halogens is 2. The van der Waals surface area contributed by atoms with Gasteiger partial charge in [-0.05, 0) is 47.6 Å². The molecule has 2 heteroatoms. The zero-order chi connectivity index (χ0) is 15.0. The van der Waals surface area contributed by atoms with Crippen LogP contribution < -0.4 is 0 Å². The summed E-state index contributed by atoms with van der Waals surface area (Å²) in [5.41, 5.74) is 4.42. The largest absolute Gasteiger partial charge is 0.206 e. The van der Waals surface area contributed by atoms with Crippen molar-refractivity contribution in [1.82, 2.24) is 0 Å². The van der Waals surface area contributed by atoms with Crippen LogP contribution >= 0.6 is 11.6 Å². The summed E-state index contributed by atoms with van der Waals surface area (Å²) in [5.74, 6) is -0.209. The maximum Gasteiger partial charge on any atom is 0.131 e. The van der Waals surface area contributed by atoms with E-state index in [0.717, 1.165) is 16.5 Å². The highest BCUT2D eigenvalue weighted by Crippen LogP contribution is 2.36. The molecule has 106 valence electrons. The van der Waals surface area contributed by atoms with Crippen LogP contribution in [0.2, 0.25) is 0 Å². The number of fused-ring (bicyclic) bond motifs is 1. The Labute approximate surface area is 129 Å². The van der Waals surface area contributed by atoms with Crippen molar-refractivity contribution in [3.8, 4) is 0 Å². The molecule has 0 radical (unpaired) electrons. The molecule has 0 N–H and O–H groups in total. The molecule has 0 spiro atoms. The Morgan fingerprint density at radius 2 is 1.52 bits per heavy atom. The predicted octanol–water partition coefficient (Wildman–Crippen LogP) is 5.92. The van der Waals surface area contributed by atoms with Crippen molar-refractivity contribution in [2.75, 3.05) is 0 Å². The maximum atomic E-state index is 13.9. The van der Waals surface area contributed by atoms with Gasteiger partial charge in [-0.25, -0.2) is 4.39 Å². The van der Waals surface area contributed by atoms with Crippen molar-refractivity contribution in [2.24, 2.45) is 0 Å². The Hall–Kier alpha value is -1.86. The van der Waals surface area contributed by atoms with Gasteiger partial charge in [0.15, 0.2) is 0 Å². The Morgan fingerprint density at radius 3 is 2.29 bits per heavy atom. The van der Waals surface area contributed by atoms with Gasteiger partial charge in [0.25, 0.3) is 0 Å². The molecule has 0 bridgehead atoms. The van der Waals surface area contributed by atoms with E-state index in [9.17, 15) is 4.39 Å². The van der Waals surface area contributed by atoms with E-state index in [1.54, 1.807) is 12.1 Å². The molecule has 3 aromatic carbocycles. The summed E-state index contributed by atoms with van der Waals surface area (Å²) in [6, 6.07) is 16.9. The monoisotopic (exact) mass is 298 g/mol. The average Bonchev–Trinajstić information content (AvgIpc) is 2.50. The molecule has 0 aliphatic heterocycles. The van der Waals surface area contributed by atoms with Crippen molar-refractivity contribution >= 4 is 22.4 Å². The molecule has 0 saturated heterocycles. The molecule has 0 aromatic heterocycles. The third-order valence-electron chi connectivity index (χ3n) is 4.10. The normalized spacial score (nSPS) is 12.6. The second-order valence-electron chi connectivity index (χ2n) is 5.33. The molecule has 1 unspecified atom stereocenters. The lowest BCUT2D eigenvalue weighted by molar-refractivity contribution is 0.639. The highest BCUT2D eigenvalue weighted by molar-refractivity contribution is 6.23. The summed E-state index contributed by atoms with van der Waals surface area (Å²) in [6.07, 6.45) is 0. The average molecular weight is 299 g/mol. The number of rotatable bonds is 2. The van der Waals surface area contributed by atoms with Crippen LogP contribution in [0.3, 0.4) is 0 Å². The van der Waals surface area contributed by atoms with Crippen LogP contribution in [0.15, 0.2) is 54.6 Å². The second-order valence-corrected chi connectivity index (χ2v) is 5.77. The van der Waals surface area contributed by atoms with Crippen molar-refractivity contribution in [2.45, 2.75) is 19.2 Å². The number of alkyl halides is 1. The van der Waals surface area contributed by atoms with E-state index in [4.69, 9.17) is 11.6 Å². The van der Waals surface area contributed by atoms with E-state index >= 15 is 0 Å². The zero-order valence-electron chi connectivity index (χ0n) is 12.0. The van der Waals surface area contributed by atoms with Crippen LogP contribution in [0.4, 0.5) is 4.39 Å². The third kappa shape index (κ3) is 2.43. The quantitative estimate of drug-likeness (QED) is 0.515. The summed E-state index contributed by atoms with van der Waals surface area (Å²) in [4.78, 5) is 0. The van der Waals surface area contributed by atoms with Gasteiger partial charge in [-0.3, -0.25) is 0 Å². The molecule has 1 atom stereocenters. The molecular formula is C19H16ClF. The summed E-state index contributed by atoms with van der Waals surface area (Å²) in [7, 11) is 0. The minimum absolute atomic E-state index is 0.209. The predicted molar refractivity (Wildman–Crippen MR) is 87.5 cm³/mol. The fourth-order valence-electron chi connectivity index (χ4n) is 2.72. The summed E-state index contributed by atoms with van der Waals surface area (Å²) < 4.78 is 13.9. The van der Waals surface area contributed by atoms with Gasteiger partial charge in [0.2, 0.25) is 0 Å². The maximum absolute atomic E-state index is 13.9. The molecular weight excluding hydrogens is 283 g/mol. The van der Waals surface area contributed by atoms with Crippen LogP contribution in [0.25, 0.3) is 10.8 Å². The van der Waals surface area contributed by atoms with Gasteiger partial charge in [0, 0.05) is 5.39 Å². The van der Waals surface area contributed by atoms with E-state index in [1.807, 2.05) is 30.3 Å². The molecule has 3 aromatic rings. The highest BCUT2D eigenvalue weighted by Gasteiger charge is 2.17. The first-order chi connectivity index (χ1) is 10.1. The van der Waals surface area contributed by atoms with Crippen molar-refractivity contribution in [3.05, 3.63) is 82.7 Å². The summed E-state index contributed by atoms with van der Waals surface area (Å²) in [5, 5.41) is 1.21. The fraction of sp³-hybridized carbons (Fsp3) is 0.158. The van der Waals surface area contributed by atoms with E-state index < -0.39 is 0 Å². The fourth-order valence-corrected chi connectivity index (χ4v) is 3.15. The SMILES string of the molecule is Cc1cccc(C(Cl)c2ccc(F)c3ccccc23)c1C. The molecule has 0 aliphatic rings. The molecule has 3 rings (SSSR count). The van der Waals surface area contributed by atoms with Gasteiger partial charge in [-0.15, -0.1) is 11.6 Å². The molecule has 21 heavy (non-hydrogen) atoms. The van der Waals surface area contributed by atoms with Gasteiger partial charge in [-0.1, -0.05) is 48.5 Å². The van der Waals surface area contributed by atoms with E-state index in [-0.39, 0.29) is 11.2 Å². The van der Waals surface area contributed by atoms with Gasteiger partial charge < -0.3 is 0 Å². The molecule has 0 aliphatic carbocycles. The number of benzene rings is 3. The first-order valence-electron chi connectivity index (χ1n) is 6.97. The summed E-state index contributed by atoms with van der Waals surface area (Å²) in [6.45, 7) is 4.15.